The quantitative estimate of drug-likeness (QED) is 0.585. The van der Waals surface area contributed by atoms with Crippen molar-refractivity contribution in [3.63, 3.8) is 0 Å². The molecule has 0 aliphatic carbocycles. The lowest BCUT2D eigenvalue weighted by Gasteiger charge is -2.25. The molecule has 0 saturated carbocycles. The molecule has 154 valence electrons. The third kappa shape index (κ3) is 5.16. The Morgan fingerprint density at radius 2 is 1.82 bits per heavy atom. The molecule has 1 aromatic carbocycles. The zero-order valence-electron chi connectivity index (χ0n) is 18.1. The van der Waals surface area contributed by atoms with E-state index < -0.39 is 37.7 Å². The standard InChI is InChI=1S/C21H32N2O4Si/c1-13(23-20(25)27-21(2,3)4)18(19(24)26-5)16-12-22-17-11-14(28(6,7)8)9-10-15(16)17/h9-13,18,22H,1-8H3,(H,23,25). The highest BCUT2D eigenvalue weighted by atomic mass is 28.3. The molecule has 2 rings (SSSR count). The van der Waals surface area contributed by atoms with E-state index in [2.05, 4.69) is 42.1 Å². The van der Waals surface area contributed by atoms with Gasteiger partial charge in [0.1, 0.15) is 11.5 Å². The smallest absolute Gasteiger partial charge is 0.407 e. The molecular weight excluding hydrogens is 372 g/mol. The Balaban J connectivity index is 2.38. The summed E-state index contributed by atoms with van der Waals surface area (Å²) >= 11 is 0. The van der Waals surface area contributed by atoms with Crippen molar-refractivity contribution in [1.82, 2.24) is 10.3 Å². The second kappa shape index (κ2) is 7.99. The molecule has 0 radical (unpaired) electrons. The maximum atomic E-state index is 12.6. The number of ether oxygens (including phenoxy) is 2. The number of methoxy groups -OCH3 is 1. The third-order valence-corrected chi connectivity index (χ3v) is 6.66. The van der Waals surface area contributed by atoms with Gasteiger partial charge in [0.2, 0.25) is 0 Å². The Labute approximate surface area is 168 Å². The number of nitrogens with one attached hydrogen (secondary N) is 2. The fourth-order valence-electron chi connectivity index (χ4n) is 3.18. The van der Waals surface area contributed by atoms with E-state index in [1.807, 2.05) is 12.3 Å². The van der Waals surface area contributed by atoms with Crippen LogP contribution in [0.1, 0.15) is 39.2 Å². The van der Waals surface area contributed by atoms with Gasteiger partial charge in [0, 0.05) is 23.1 Å². The van der Waals surface area contributed by atoms with Crippen LogP contribution in [0.4, 0.5) is 4.79 Å². The predicted molar refractivity (Wildman–Crippen MR) is 115 cm³/mol. The summed E-state index contributed by atoms with van der Waals surface area (Å²) in [6.45, 7) is 14.0. The van der Waals surface area contributed by atoms with Gasteiger partial charge in [-0.3, -0.25) is 4.79 Å². The lowest BCUT2D eigenvalue weighted by atomic mass is 9.92. The van der Waals surface area contributed by atoms with Crippen molar-refractivity contribution in [2.75, 3.05) is 7.11 Å². The van der Waals surface area contributed by atoms with Crippen molar-refractivity contribution < 1.29 is 19.1 Å². The van der Waals surface area contributed by atoms with Crippen molar-refractivity contribution in [3.05, 3.63) is 30.0 Å². The van der Waals surface area contributed by atoms with Crippen molar-refractivity contribution in [2.24, 2.45) is 0 Å². The van der Waals surface area contributed by atoms with Crippen molar-refractivity contribution in [1.29, 1.82) is 0 Å². The average molecular weight is 405 g/mol. The first kappa shape index (κ1) is 22.0. The lowest BCUT2D eigenvalue weighted by molar-refractivity contribution is -0.143. The van der Waals surface area contributed by atoms with E-state index in [0.717, 1.165) is 16.5 Å². The number of amides is 1. The number of aromatic nitrogens is 1. The van der Waals surface area contributed by atoms with E-state index in [1.165, 1.54) is 12.3 Å². The Bertz CT molecular complexity index is 861. The van der Waals surface area contributed by atoms with Crippen LogP contribution in [-0.4, -0.2) is 43.9 Å². The van der Waals surface area contributed by atoms with Crippen LogP contribution in [0, 0.1) is 0 Å². The summed E-state index contributed by atoms with van der Waals surface area (Å²) in [6.07, 6.45) is 1.27. The fourth-order valence-corrected chi connectivity index (χ4v) is 4.34. The number of benzene rings is 1. The maximum absolute atomic E-state index is 12.6. The summed E-state index contributed by atoms with van der Waals surface area (Å²) < 4.78 is 10.4. The van der Waals surface area contributed by atoms with E-state index in [1.54, 1.807) is 27.7 Å². The number of esters is 1. The number of hydrogen-bond donors (Lipinski definition) is 2. The number of fused-ring (bicyclic) bond motifs is 1. The molecule has 2 unspecified atom stereocenters. The van der Waals surface area contributed by atoms with E-state index in [4.69, 9.17) is 9.47 Å². The number of carbonyl (C=O) groups is 2. The molecule has 0 bridgehead atoms. The van der Waals surface area contributed by atoms with Crippen LogP contribution in [0.2, 0.25) is 19.6 Å². The van der Waals surface area contributed by atoms with Gasteiger partial charge in [-0.05, 0) is 39.3 Å². The molecule has 2 aromatic rings. The van der Waals surface area contributed by atoms with Crippen LogP contribution in [0.5, 0.6) is 0 Å². The number of hydrogen-bond acceptors (Lipinski definition) is 4. The summed E-state index contributed by atoms with van der Waals surface area (Å²) in [4.78, 5) is 28.0. The summed E-state index contributed by atoms with van der Waals surface area (Å²) in [5.41, 5.74) is 1.17. The SMILES string of the molecule is COC(=O)C(c1c[nH]c2cc([Si](C)(C)C)ccc12)C(C)NC(=O)OC(C)(C)C. The molecule has 6 nitrogen and oxygen atoms in total. The molecule has 1 heterocycles. The summed E-state index contributed by atoms with van der Waals surface area (Å²) in [5.74, 6) is -1.05. The van der Waals surface area contributed by atoms with Crippen LogP contribution >= 0.6 is 0 Å². The van der Waals surface area contributed by atoms with Crippen molar-refractivity contribution >= 4 is 36.2 Å². The first-order valence-electron chi connectivity index (χ1n) is 9.52. The van der Waals surface area contributed by atoms with Gasteiger partial charge in [-0.1, -0.05) is 37.0 Å². The molecule has 2 atom stereocenters. The third-order valence-electron chi connectivity index (χ3n) is 4.61. The topological polar surface area (TPSA) is 80.4 Å². The van der Waals surface area contributed by atoms with Gasteiger partial charge >= 0.3 is 12.1 Å². The van der Waals surface area contributed by atoms with Crippen LogP contribution in [0.25, 0.3) is 10.9 Å². The molecule has 0 aliphatic heterocycles. The van der Waals surface area contributed by atoms with Crippen LogP contribution < -0.4 is 10.5 Å². The van der Waals surface area contributed by atoms with E-state index in [9.17, 15) is 9.59 Å². The van der Waals surface area contributed by atoms with Gasteiger partial charge in [-0.2, -0.15) is 0 Å². The zero-order valence-corrected chi connectivity index (χ0v) is 19.1. The second-order valence-corrected chi connectivity index (χ2v) is 14.3. The Hall–Kier alpha value is -2.28. The van der Waals surface area contributed by atoms with Gasteiger partial charge in [0.05, 0.1) is 15.2 Å². The molecule has 7 heteroatoms. The number of aromatic amines is 1. The Morgan fingerprint density at radius 1 is 1.18 bits per heavy atom. The monoisotopic (exact) mass is 404 g/mol. The van der Waals surface area contributed by atoms with Crippen molar-refractivity contribution in [2.45, 2.75) is 64.9 Å². The average Bonchev–Trinajstić information content (AvgIpc) is 2.95. The molecule has 0 saturated heterocycles. The highest BCUT2D eigenvalue weighted by Gasteiger charge is 2.32. The highest BCUT2D eigenvalue weighted by molar-refractivity contribution is 6.88. The predicted octanol–water partition coefficient (Wildman–Crippen LogP) is 3.88. The largest absolute Gasteiger partial charge is 0.468 e. The number of alkyl carbamates (subject to hydrolysis) is 1. The van der Waals surface area contributed by atoms with E-state index in [-0.39, 0.29) is 0 Å². The second-order valence-electron chi connectivity index (χ2n) is 9.19. The number of H-pyrrole nitrogens is 1. The molecule has 28 heavy (non-hydrogen) atoms. The van der Waals surface area contributed by atoms with Gasteiger partial charge in [0.15, 0.2) is 0 Å². The number of carbonyl (C=O) groups excluding carboxylic acids is 2. The normalized spacial score (nSPS) is 14.4. The Kier molecular flexibility index (Phi) is 6.28. The lowest BCUT2D eigenvalue weighted by Crippen LogP contribution is -2.43. The zero-order chi connectivity index (χ0) is 21.3. The highest BCUT2D eigenvalue weighted by Crippen LogP contribution is 2.29. The van der Waals surface area contributed by atoms with Gasteiger partial charge in [-0.25, -0.2) is 4.79 Å². The van der Waals surface area contributed by atoms with Crippen LogP contribution in [0.3, 0.4) is 0 Å². The van der Waals surface area contributed by atoms with Crippen LogP contribution in [-0.2, 0) is 14.3 Å². The van der Waals surface area contributed by atoms with Crippen molar-refractivity contribution in [3.8, 4) is 0 Å². The number of rotatable bonds is 5. The minimum Gasteiger partial charge on any atom is -0.468 e. The van der Waals surface area contributed by atoms with E-state index >= 15 is 0 Å². The summed E-state index contributed by atoms with van der Waals surface area (Å²) in [6, 6.07) is 5.83. The molecule has 0 aliphatic rings. The van der Waals surface area contributed by atoms with Gasteiger partial charge < -0.3 is 19.8 Å². The molecule has 1 amide bonds. The fraction of sp³-hybridized carbons (Fsp3) is 0.524. The first-order valence-corrected chi connectivity index (χ1v) is 13.0. The van der Waals surface area contributed by atoms with Gasteiger partial charge in [0.25, 0.3) is 0 Å². The molecule has 1 aromatic heterocycles. The van der Waals surface area contributed by atoms with Gasteiger partial charge in [-0.15, -0.1) is 0 Å². The molecule has 0 fully saturated rings. The minimum absolute atomic E-state index is 0.404. The molecular formula is C21H32N2O4Si. The Morgan fingerprint density at radius 3 is 2.36 bits per heavy atom. The summed E-state index contributed by atoms with van der Waals surface area (Å²) in [7, 11) is -0.0940. The summed E-state index contributed by atoms with van der Waals surface area (Å²) in [5, 5.41) is 5.06. The minimum atomic E-state index is -1.45. The van der Waals surface area contributed by atoms with E-state index in [0.29, 0.717) is 0 Å². The van der Waals surface area contributed by atoms with Crippen LogP contribution in [0.15, 0.2) is 24.4 Å². The maximum Gasteiger partial charge on any atom is 0.407 e. The first-order chi connectivity index (χ1) is 12.8. The molecule has 0 spiro atoms. The molecule has 2 N–H and O–H groups in total.